The van der Waals surface area contributed by atoms with Crippen LogP contribution in [0.5, 0.6) is 23.0 Å². The van der Waals surface area contributed by atoms with Gasteiger partial charge in [0.05, 0.1) is 28.3 Å². The van der Waals surface area contributed by atoms with Crippen molar-refractivity contribution in [3.8, 4) is 23.0 Å². The molecule has 2 aliphatic rings. The van der Waals surface area contributed by atoms with Gasteiger partial charge in [0.15, 0.2) is 0 Å². The first-order valence-electron chi connectivity index (χ1n) is 11.5. The number of aromatic nitrogens is 1. The maximum absolute atomic E-state index is 14.9. The van der Waals surface area contributed by atoms with Gasteiger partial charge >= 0.3 is 5.97 Å². The lowest BCUT2D eigenvalue weighted by Crippen LogP contribution is -2.07. The minimum Gasteiger partial charge on any atom is -0.492 e. The van der Waals surface area contributed by atoms with E-state index in [0.29, 0.717) is 48.0 Å². The van der Waals surface area contributed by atoms with Crippen molar-refractivity contribution in [1.82, 2.24) is 4.98 Å². The van der Waals surface area contributed by atoms with E-state index < -0.39 is 12.1 Å². The molecule has 178 valence electrons. The Bertz CT molecular complexity index is 1470. The van der Waals surface area contributed by atoms with Crippen LogP contribution in [0.15, 0.2) is 48.5 Å². The van der Waals surface area contributed by atoms with Crippen LogP contribution in [0.2, 0.25) is 0 Å². The van der Waals surface area contributed by atoms with Gasteiger partial charge < -0.3 is 19.3 Å². The summed E-state index contributed by atoms with van der Waals surface area (Å²) < 4.78 is 34.1. The quantitative estimate of drug-likeness (QED) is 0.329. The van der Waals surface area contributed by atoms with Crippen LogP contribution >= 0.6 is 11.3 Å². The Morgan fingerprint density at radius 1 is 1.20 bits per heavy atom. The number of benzene rings is 3. The molecule has 0 bridgehead atoms. The van der Waals surface area contributed by atoms with Crippen molar-refractivity contribution in [2.45, 2.75) is 38.2 Å². The lowest BCUT2D eigenvalue weighted by molar-refractivity contribution is -0.137. The molecule has 3 aromatic carbocycles. The van der Waals surface area contributed by atoms with Gasteiger partial charge in [-0.15, -0.1) is 11.3 Å². The van der Waals surface area contributed by atoms with Crippen molar-refractivity contribution in [2.24, 2.45) is 0 Å². The van der Waals surface area contributed by atoms with Gasteiger partial charge in [-0.25, -0.2) is 9.37 Å². The summed E-state index contributed by atoms with van der Waals surface area (Å²) in [7, 11) is 0. The molecule has 2 atom stereocenters. The van der Waals surface area contributed by atoms with Crippen LogP contribution in [0, 0.1) is 12.7 Å². The average molecular weight is 492 g/mol. The molecule has 8 heteroatoms. The number of nitrogens with zero attached hydrogens (tertiary/aromatic N) is 1. The van der Waals surface area contributed by atoms with E-state index in [-0.39, 0.29) is 18.2 Å². The molecule has 1 aliphatic heterocycles. The smallest absolute Gasteiger partial charge is 0.304 e. The zero-order chi connectivity index (χ0) is 24.1. The minimum absolute atomic E-state index is 0.0200. The topological polar surface area (TPSA) is 77.9 Å². The highest BCUT2D eigenvalue weighted by molar-refractivity contribution is 7.18. The number of hydrogen-bond donors (Lipinski definition) is 1. The molecule has 0 saturated heterocycles. The van der Waals surface area contributed by atoms with Crippen LogP contribution in [0.3, 0.4) is 0 Å². The van der Waals surface area contributed by atoms with Gasteiger partial charge in [-0.1, -0.05) is 6.07 Å². The van der Waals surface area contributed by atoms with Gasteiger partial charge in [0.2, 0.25) is 0 Å². The monoisotopic (exact) mass is 491 g/mol. The fraction of sp³-hybridized carbons (Fsp3) is 0.259. The summed E-state index contributed by atoms with van der Waals surface area (Å²) in [4.78, 5) is 15.6. The predicted molar refractivity (Wildman–Crippen MR) is 129 cm³/mol. The van der Waals surface area contributed by atoms with Gasteiger partial charge in [0.1, 0.15) is 34.9 Å². The molecule has 2 unspecified atom stereocenters. The van der Waals surface area contributed by atoms with Crippen molar-refractivity contribution in [3.05, 3.63) is 76.0 Å². The number of thiazole rings is 1. The van der Waals surface area contributed by atoms with Gasteiger partial charge in [-0.05, 0) is 50.1 Å². The summed E-state index contributed by atoms with van der Waals surface area (Å²) in [5.41, 5.74) is 3.07. The molecular weight excluding hydrogens is 469 g/mol. The number of aryl methyl sites for hydroxylation is 1. The molecule has 35 heavy (non-hydrogen) atoms. The Morgan fingerprint density at radius 2 is 2.06 bits per heavy atom. The molecular formula is C27H22FNO5S. The second kappa shape index (κ2) is 8.53. The third kappa shape index (κ3) is 4.08. The third-order valence-electron chi connectivity index (χ3n) is 6.50. The summed E-state index contributed by atoms with van der Waals surface area (Å²) in [6.07, 6.45) is 0.821. The number of carboxylic acids is 1. The van der Waals surface area contributed by atoms with Gasteiger partial charge in [0.25, 0.3) is 0 Å². The second-order valence-electron chi connectivity index (χ2n) is 8.85. The number of aliphatic carboxylic acids is 1. The third-order valence-corrected chi connectivity index (χ3v) is 7.45. The van der Waals surface area contributed by atoms with Crippen molar-refractivity contribution in [1.29, 1.82) is 0 Å². The SMILES string of the molecule is Cc1nc2cc(Oc3ccc(F)c4c3CCC4Oc3ccc4c(c3)OCC4CC(=O)O)ccc2s1. The molecule has 1 aromatic heterocycles. The number of carbonyl (C=O) groups is 1. The van der Waals surface area contributed by atoms with Crippen LogP contribution in [0.4, 0.5) is 4.39 Å². The number of carboxylic acid groups (broad SMARTS) is 1. The number of ether oxygens (including phenoxy) is 3. The van der Waals surface area contributed by atoms with Crippen LogP contribution in [0.1, 0.15) is 46.6 Å². The highest BCUT2D eigenvalue weighted by Gasteiger charge is 2.32. The summed E-state index contributed by atoms with van der Waals surface area (Å²) in [6.45, 7) is 2.30. The molecule has 0 radical (unpaired) electrons. The molecule has 0 spiro atoms. The molecule has 6 rings (SSSR count). The van der Waals surface area contributed by atoms with Gasteiger partial charge in [-0.2, -0.15) is 0 Å². The van der Waals surface area contributed by atoms with E-state index in [2.05, 4.69) is 4.98 Å². The first kappa shape index (κ1) is 21.9. The number of rotatable bonds is 6. The first-order valence-corrected chi connectivity index (χ1v) is 12.3. The van der Waals surface area contributed by atoms with Crippen molar-refractivity contribution in [2.75, 3.05) is 6.61 Å². The van der Waals surface area contributed by atoms with E-state index in [4.69, 9.17) is 19.3 Å². The zero-order valence-electron chi connectivity index (χ0n) is 18.9. The Labute approximate surface area is 204 Å². The molecule has 6 nitrogen and oxygen atoms in total. The Balaban J connectivity index is 1.24. The Morgan fingerprint density at radius 3 is 2.91 bits per heavy atom. The Kier molecular flexibility index (Phi) is 5.33. The predicted octanol–water partition coefficient (Wildman–Crippen LogP) is 6.55. The lowest BCUT2D eigenvalue weighted by Gasteiger charge is -2.17. The summed E-state index contributed by atoms with van der Waals surface area (Å²) in [5, 5.41) is 10.1. The standard InChI is InChI=1S/C27H22FNO5S/c1-14-29-21-11-16(3-9-25(21)35-14)33-22-8-6-20(28)27-19(22)5-7-23(27)34-17-2-4-18-15(10-26(30)31)13-32-24(18)12-17/h2-4,6,8-9,11-12,15,23H,5,7,10,13H2,1H3,(H,30,31). The van der Waals surface area contributed by atoms with Crippen molar-refractivity contribution < 1.29 is 28.5 Å². The fourth-order valence-electron chi connectivity index (χ4n) is 4.94. The minimum atomic E-state index is -0.857. The van der Waals surface area contributed by atoms with Crippen LogP contribution in [-0.2, 0) is 11.2 Å². The van der Waals surface area contributed by atoms with Crippen molar-refractivity contribution in [3.63, 3.8) is 0 Å². The molecule has 0 saturated carbocycles. The fourth-order valence-corrected chi connectivity index (χ4v) is 5.75. The number of fused-ring (bicyclic) bond motifs is 3. The van der Waals surface area contributed by atoms with Gasteiger partial charge in [0, 0.05) is 34.7 Å². The van der Waals surface area contributed by atoms with Crippen LogP contribution < -0.4 is 14.2 Å². The van der Waals surface area contributed by atoms with Gasteiger partial charge in [-0.3, -0.25) is 4.79 Å². The van der Waals surface area contributed by atoms with Crippen LogP contribution in [-0.4, -0.2) is 22.7 Å². The Hall–Kier alpha value is -3.65. The molecule has 4 aromatic rings. The number of halogens is 1. The highest BCUT2D eigenvalue weighted by Crippen LogP contribution is 2.44. The highest BCUT2D eigenvalue weighted by atomic mass is 32.1. The maximum Gasteiger partial charge on any atom is 0.304 e. The molecule has 0 amide bonds. The van der Waals surface area contributed by atoms with E-state index in [0.717, 1.165) is 26.4 Å². The van der Waals surface area contributed by atoms with E-state index in [1.54, 1.807) is 29.5 Å². The maximum atomic E-state index is 14.9. The molecule has 1 aliphatic carbocycles. The zero-order valence-corrected chi connectivity index (χ0v) is 19.7. The van der Waals surface area contributed by atoms with E-state index in [9.17, 15) is 9.18 Å². The van der Waals surface area contributed by atoms with Crippen molar-refractivity contribution >= 4 is 27.5 Å². The molecule has 0 fully saturated rings. The molecule has 1 N–H and O–H groups in total. The second-order valence-corrected chi connectivity index (χ2v) is 10.1. The van der Waals surface area contributed by atoms with E-state index in [1.807, 2.05) is 31.2 Å². The summed E-state index contributed by atoms with van der Waals surface area (Å²) >= 11 is 1.63. The normalized spacial score (nSPS) is 18.2. The first-order chi connectivity index (χ1) is 16.9. The van der Waals surface area contributed by atoms with Crippen LogP contribution in [0.25, 0.3) is 10.2 Å². The summed E-state index contributed by atoms with van der Waals surface area (Å²) in [5.74, 6) is 1.11. The molecule has 2 heterocycles. The summed E-state index contributed by atoms with van der Waals surface area (Å²) in [6, 6.07) is 14.3. The lowest BCUT2D eigenvalue weighted by atomic mass is 9.98. The average Bonchev–Trinajstić information content (AvgIpc) is 3.52. The van der Waals surface area contributed by atoms with E-state index >= 15 is 0 Å². The largest absolute Gasteiger partial charge is 0.492 e. The van der Waals surface area contributed by atoms with E-state index in [1.165, 1.54) is 6.07 Å². The number of hydrogen-bond acceptors (Lipinski definition) is 6.